The van der Waals surface area contributed by atoms with E-state index in [2.05, 4.69) is 4.98 Å². The van der Waals surface area contributed by atoms with Crippen molar-refractivity contribution >= 4 is 10.8 Å². The van der Waals surface area contributed by atoms with Crippen LogP contribution >= 0.6 is 0 Å². The van der Waals surface area contributed by atoms with Crippen LogP contribution < -0.4 is 0 Å². The summed E-state index contributed by atoms with van der Waals surface area (Å²) in [6.07, 6.45) is 1.65. The van der Waals surface area contributed by atoms with Crippen LogP contribution in [0.4, 0.5) is 0 Å². The molecule has 26 heavy (non-hydrogen) atoms. The average Bonchev–Trinajstić information content (AvgIpc) is 2.87. The quantitative estimate of drug-likeness (QED) is 0.469. The second-order valence-corrected chi connectivity index (χ2v) is 8.14. The molecule has 4 rings (SSSR count). The van der Waals surface area contributed by atoms with Gasteiger partial charge >= 0.3 is 0 Å². The van der Waals surface area contributed by atoms with Gasteiger partial charge in [0.15, 0.2) is 0 Å². The minimum Gasteiger partial charge on any atom is -0.256 e. The molecule has 134 valence electrons. The van der Waals surface area contributed by atoms with E-state index in [1.807, 2.05) is 31.2 Å². The Labute approximate surface area is 170 Å². The van der Waals surface area contributed by atoms with Gasteiger partial charge in [0.05, 0.1) is 5.69 Å². The average molecular weight is 353 g/mol. The third kappa shape index (κ3) is 2.06. The molecule has 0 aliphatic heterocycles. The first-order valence-electron chi connectivity index (χ1n) is 13.3. The molecule has 0 amide bonds. The molecular formula is C25H29N. The Hall–Kier alpha value is -2.15. The molecule has 0 radical (unpaired) electrons. The summed E-state index contributed by atoms with van der Waals surface area (Å²) in [6.45, 7) is -2.59. The fourth-order valence-corrected chi connectivity index (χ4v) is 4.08. The van der Waals surface area contributed by atoms with E-state index >= 15 is 0 Å². The molecule has 1 aliphatic rings. The molecule has 0 bridgehead atoms. The smallest absolute Gasteiger partial charge is 0.0780 e. The van der Waals surface area contributed by atoms with Crippen LogP contribution in [-0.4, -0.2) is 4.98 Å². The molecule has 1 unspecified atom stereocenters. The van der Waals surface area contributed by atoms with Crippen molar-refractivity contribution in [2.75, 3.05) is 0 Å². The van der Waals surface area contributed by atoms with Gasteiger partial charge in [-0.3, -0.25) is 4.98 Å². The molecule has 1 heteroatoms. The highest BCUT2D eigenvalue weighted by Gasteiger charge is 2.56. The summed E-state index contributed by atoms with van der Waals surface area (Å²) in [4.78, 5) is 4.53. The molecule has 0 saturated heterocycles. The molecule has 1 heterocycles. The fourth-order valence-electron chi connectivity index (χ4n) is 4.08. The van der Waals surface area contributed by atoms with Crippen molar-refractivity contribution in [3.8, 4) is 11.3 Å². The molecular weight excluding hydrogens is 314 g/mol. The SMILES string of the molecule is [2H]C([2H])([2H])C1(C)C(C)(C)c2ccc(-c3nccc4cc(C)ccc34)cc2C1(C([2H])([2H])[2H])C([2H])([2H])[2H]. The minimum atomic E-state index is -3.13. The first-order valence-corrected chi connectivity index (χ1v) is 8.83. The number of nitrogens with zero attached hydrogens (tertiary/aromatic N) is 1. The third-order valence-electron chi connectivity index (χ3n) is 6.29. The van der Waals surface area contributed by atoms with Gasteiger partial charge < -0.3 is 0 Å². The van der Waals surface area contributed by atoms with Crippen LogP contribution in [0, 0.1) is 12.3 Å². The zero-order valence-electron chi connectivity index (χ0n) is 24.6. The lowest BCUT2D eigenvalue weighted by atomic mass is 9.59. The predicted molar refractivity (Wildman–Crippen MR) is 112 cm³/mol. The summed E-state index contributed by atoms with van der Waals surface area (Å²) in [7, 11) is 0. The van der Waals surface area contributed by atoms with E-state index in [1.165, 1.54) is 6.92 Å². The van der Waals surface area contributed by atoms with Crippen molar-refractivity contribution < 1.29 is 12.3 Å². The number of hydrogen-bond acceptors (Lipinski definition) is 1. The first kappa shape index (κ1) is 9.69. The number of rotatable bonds is 1. The molecule has 1 aromatic heterocycles. The Bertz CT molecular complexity index is 1300. The number of fused-ring (bicyclic) bond motifs is 2. The van der Waals surface area contributed by atoms with E-state index in [4.69, 9.17) is 12.3 Å². The summed E-state index contributed by atoms with van der Waals surface area (Å²) >= 11 is 0. The molecule has 1 atom stereocenters. The standard InChI is InChI=1S/C25H29N/c1-16-8-10-19-17(14-16)12-13-26-22(19)18-9-11-20-21(15-18)24(4,5)25(6,7)23(20,2)3/h8-15H,1-7H3/i4D3,5D3,6D3. The minimum absolute atomic E-state index is 0.0320. The maximum atomic E-state index is 8.51. The lowest BCUT2D eigenvalue weighted by molar-refractivity contribution is 0.125. The third-order valence-corrected chi connectivity index (χ3v) is 6.29. The summed E-state index contributed by atoms with van der Waals surface area (Å²) < 4.78 is 76.4. The van der Waals surface area contributed by atoms with Crippen LogP contribution in [0.2, 0.25) is 0 Å². The maximum Gasteiger partial charge on any atom is 0.0780 e. The molecule has 0 saturated carbocycles. The highest BCUT2D eigenvalue weighted by molar-refractivity contribution is 5.95. The molecule has 0 N–H and O–H groups in total. The monoisotopic (exact) mass is 352 g/mol. The van der Waals surface area contributed by atoms with Crippen molar-refractivity contribution in [2.24, 2.45) is 5.41 Å². The highest BCUT2D eigenvalue weighted by Crippen LogP contribution is 2.61. The van der Waals surface area contributed by atoms with Gasteiger partial charge in [0.25, 0.3) is 0 Å². The molecule has 0 spiro atoms. The van der Waals surface area contributed by atoms with Gasteiger partial charge in [-0.2, -0.15) is 0 Å². The normalized spacial score (nSPS) is 29.8. The Morgan fingerprint density at radius 1 is 0.846 bits per heavy atom. The zero-order valence-corrected chi connectivity index (χ0v) is 15.6. The predicted octanol–water partition coefficient (Wildman–Crippen LogP) is 6.81. The van der Waals surface area contributed by atoms with Gasteiger partial charge in [0, 0.05) is 29.5 Å². The van der Waals surface area contributed by atoms with Crippen molar-refractivity contribution in [1.29, 1.82) is 0 Å². The van der Waals surface area contributed by atoms with Crippen LogP contribution in [0.15, 0.2) is 48.7 Å². The van der Waals surface area contributed by atoms with Crippen LogP contribution in [0.5, 0.6) is 0 Å². The molecule has 1 nitrogen and oxygen atoms in total. The van der Waals surface area contributed by atoms with E-state index in [-0.39, 0.29) is 5.56 Å². The van der Waals surface area contributed by atoms with Crippen LogP contribution in [0.1, 0.15) is 70.4 Å². The van der Waals surface area contributed by atoms with E-state index in [0.717, 1.165) is 16.3 Å². The van der Waals surface area contributed by atoms with Crippen LogP contribution in [0.25, 0.3) is 22.0 Å². The van der Waals surface area contributed by atoms with E-state index < -0.39 is 36.8 Å². The molecule has 0 fully saturated rings. The largest absolute Gasteiger partial charge is 0.256 e. The van der Waals surface area contributed by atoms with Gasteiger partial charge in [-0.1, -0.05) is 77.2 Å². The van der Waals surface area contributed by atoms with Crippen molar-refractivity contribution in [2.45, 2.75) is 59.1 Å². The number of benzene rings is 2. The lowest BCUT2D eigenvalue weighted by Crippen LogP contribution is -2.42. The second kappa shape index (κ2) is 5.19. The summed E-state index contributed by atoms with van der Waals surface area (Å²) in [5.74, 6) is 0. The van der Waals surface area contributed by atoms with Crippen molar-refractivity contribution in [3.63, 3.8) is 0 Å². The van der Waals surface area contributed by atoms with Crippen molar-refractivity contribution in [3.05, 3.63) is 65.4 Å². The van der Waals surface area contributed by atoms with E-state index in [0.29, 0.717) is 16.8 Å². The number of pyridine rings is 1. The van der Waals surface area contributed by atoms with E-state index in [1.54, 1.807) is 38.2 Å². The number of hydrogen-bond donors (Lipinski definition) is 0. The Morgan fingerprint density at radius 2 is 1.65 bits per heavy atom. The van der Waals surface area contributed by atoms with Gasteiger partial charge in [-0.25, -0.2) is 0 Å². The Morgan fingerprint density at radius 3 is 2.38 bits per heavy atom. The maximum absolute atomic E-state index is 8.51. The Kier molecular flexibility index (Phi) is 1.93. The first-order chi connectivity index (χ1) is 15.8. The molecule has 2 aromatic carbocycles. The van der Waals surface area contributed by atoms with Gasteiger partial charge in [-0.15, -0.1) is 0 Å². The van der Waals surface area contributed by atoms with Gasteiger partial charge in [0.1, 0.15) is 0 Å². The highest BCUT2D eigenvalue weighted by atomic mass is 14.7. The lowest BCUT2D eigenvalue weighted by Gasteiger charge is -2.44. The van der Waals surface area contributed by atoms with E-state index in [9.17, 15) is 0 Å². The molecule has 3 aromatic rings. The van der Waals surface area contributed by atoms with Crippen molar-refractivity contribution in [1.82, 2.24) is 4.98 Å². The summed E-state index contributed by atoms with van der Waals surface area (Å²) in [5.41, 5.74) is -3.38. The summed E-state index contributed by atoms with van der Waals surface area (Å²) in [6, 6.07) is 12.8. The molecule has 1 aliphatic carbocycles. The van der Waals surface area contributed by atoms with Gasteiger partial charge in [-0.05, 0) is 51.8 Å². The number of aromatic nitrogens is 1. The van der Waals surface area contributed by atoms with Gasteiger partial charge in [0.2, 0.25) is 0 Å². The summed E-state index contributed by atoms with van der Waals surface area (Å²) in [5, 5.41) is 1.78. The number of aryl methyl sites for hydroxylation is 1. The zero-order chi connectivity index (χ0) is 26.4. The topological polar surface area (TPSA) is 12.9 Å². The fraction of sp³-hybridized carbons (Fsp3) is 0.400. The van der Waals surface area contributed by atoms with Crippen LogP contribution in [0.3, 0.4) is 0 Å². The Balaban J connectivity index is 2.16. The second-order valence-electron chi connectivity index (χ2n) is 8.14. The van der Waals surface area contributed by atoms with Crippen LogP contribution in [-0.2, 0) is 10.8 Å².